The molecule has 4 aromatic rings. The van der Waals surface area contributed by atoms with Crippen LogP contribution >= 0.6 is 11.3 Å². The van der Waals surface area contributed by atoms with Crippen molar-refractivity contribution in [3.05, 3.63) is 83.1 Å². The van der Waals surface area contributed by atoms with E-state index in [1.54, 1.807) is 44.0 Å². The standard InChI is InChI=1S/C37H39FN6O6S/c1-22-20-25(49-24-11-7-6-8-12-24)13-14-27(22)44-28-15-17-39-33-29(28)30(41-35(44)47)31(51-33)32(45)40-23-10-9-18-43(21-23)34(46)26(38)16-19-42(5)36(48)50-37(2,3)4/h6-8,11-17,20,23H,9-10,18-19,21H2,1-5H3,(H,40,45)(H,41,47)/b26-16-/t23-/m1/s1. The molecule has 2 aliphatic heterocycles. The van der Waals surface area contributed by atoms with Gasteiger partial charge in [0.05, 0.1) is 22.4 Å². The number of carbonyl (C=O) groups is 4. The third-order valence-corrected chi connectivity index (χ3v) is 9.43. The molecule has 2 aromatic carbocycles. The fourth-order valence-electron chi connectivity index (χ4n) is 5.95. The minimum absolute atomic E-state index is 0.0981. The first kappa shape index (κ1) is 35.3. The Morgan fingerprint density at radius 1 is 1.12 bits per heavy atom. The number of rotatable bonds is 8. The zero-order chi connectivity index (χ0) is 36.4. The number of aromatic nitrogens is 1. The molecule has 12 nitrogen and oxygen atoms in total. The topological polar surface area (TPSA) is 133 Å². The van der Waals surface area contributed by atoms with Crippen LogP contribution < -0.4 is 20.3 Å². The van der Waals surface area contributed by atoms with Crippen LogP contribution in [0.1, 0.15) is 48.8 Å². The molecule has 14 heteroatoms. The molecule has 0 spiro atoms. The molecule has 2 N–H and O–H groups in total. The largest absolute Gasteiger partial charge is 0.457 e. The Morgan fingerprint density at radius 3 is 2.61 bits per heavy atom. The van der Waals surface area contributed by atoms with Crippen molar-refractivity contribution in [1.29, 1.82) is 0 Å². The summed E-state index contributed by atoms with van der Waals surface area (Å²) in [7, 11) is 1.45. The van der Waals surface area contributed by atoms with E-state index in [1.807, 2.05) is 49.4 Å². The molecular weight excluding hydrogens is 676 g/mol. The lowest BCUT2D eigenvalue weighted by atomic mass is 10.0. The predicted octanol–water partition coefficient (Wildman–Crippen LogP) is 7.52. The summed E-state index contributed by atoms with van der Waals surface area (Å²) in [6, 6.07) is 15.7. The Bertz CT molecular complexity index is 2030. The van der Waals surface area contributed by atoms with Crippen LogP contribution in [0, 0.1) is 6.92 Å². The van der Waals surface area contributed by atoms with Gasteiger partial charge in [0.1, 0.15) is 26.8 Å². The first-order valence-electron chi connectivity index (χ1n) is 16.5. The van der Waals surface area contributed by atoms with Gasteiger partial charge in [0.15, 0.2) is 5.83 Å². The van der Waals surface area contributed by atoms with Gasteiger partial charge >= 0.3 is 12.1 Å². The van der Waals surface area contributed by atoms with Crippen LogP contribution in [-0.2, 0) is 9.53 Å². The summed E-state index contributed by atoms with van der Waals surface area (Å²) < 4.78 is 26.2. The van der Waals surface area contributed by atoms with Gasteiger partial charge in [-0.3, -0.25) is 14.5 Å². The molecule has 51 heavy (non-hydrogen) atoms. The Morgan fingerprint density at radius 2 is 1.88 bits per heavy atom. The molecule has 0 aliphatic carbocycles. The zero-order valence-corrected chi connectivity index (χ0v) is 29.8. The molecule has 5 amide bonds. The van der Waals surface area contributed by atoms with E-state index in [0.29, 0.717) is 58.2 Å². The molecule has 266 valence electrons. The molecule has 1 atom stereocenters. The number of pyridine rings is 1. The van der Waals surface area contributed by atoms with E-state index in [-0.39, 0.29) is 18.0 Å². The van der Waals surface area contributed by atoms with E-state index < -0.39 is 41.4 Å². The predicted molar refractivity (Wildman–Crippen MR) is 194 cm³/mol. The smallest absolute Gasteiger partial charge is 0.410 e. The quantitative estimate of drug-likeness (QED) is 0.180. The summed E-state index contributed by atoms with van der Waals surface area (Å²) in [5.41, 5.74) is 1.69. The molecule has 0 saturated carbocycles. The summed E-state index contributed by atoms with van der Waals surface area (Å²) in [6.07, 6.45) is 3.14. The van der Waals surface area contributed by atoms with Crippen molar-refractivity contribution < 1.29 is 33.0 Å². The summed E-state index contributed by atoms with van der Waals surface area (Å²) in [5, 5.41) is 6.53. The second kappa shape index (κ2) is 14.4. The highest BCUT2D eigenvalue weighted by Gasteiger charge is 2.35. The Labute approximate surface area is 298 Å². The van der Waals surface area contributed by atoms with Crippen LogP contribution in [0.3, 0.4) is 0 Å². The minimum Gasteiger partial charge on any atom is -0.457 e. The number of amides is 5. The van der Waals surface area contributed by atoms with Crippen molar-refractivity contribution in [2.24, 2.45) is 0 Å². The second-order valence-corrected chi connectivity index (χ2v) is 14.4. The number of nitrogens with one attached hydrogen (secondary N) is 2. The highest BCUT2D eigenvalue weighted by atomic mass is 32.1. The third-order valence-electron chi connectivity index (χ3n) is 8.34. The summed E-state index contributed by atoms with van der Waals surface area (Å²) in [6.45, 7) is 7.34. The van der Waals surface area contributed by atoms with Gasteiger partial charge in [-0.1, -0.05) is 18.2 Å². The number of aryl methyl sites for hydroxylation is 1. The van der Waals surface area contributed by atoms with Crippen LogP contribution in [0.2, 0.25) is 0 Å². The summed E-state index contributed by atoms with van der Waals surface area (Å²) in [5.74, 6) is -0.921. The second-order valence-electron chi connectivity index (χ2n) is 13.4. The van der Waals surface area contributed by atoms with Crippen LogP contribution in [0.5, 0.6) is 11.5 Å². The summed E-state index contributed by atoms with van der Waals surface area (Å²) in [4.78, 5) is 62.0. The van der Waals surface area contributed by atoms with Gasteiger partial charge in [0.2, 0.25) is 0 Å². The fourth-order valence-corrected chi connectivity index (χ4v) is 6.97. The van der Waals surface area contributed by atoms with Gasteiger partial charge in [-0.05, 0) is 88.6 Å². The Hall–Kier alpha value is -5.50. The van der Waals surface area contributed by atoms with Gasteiger partial charge in [0.25, 0.3) is 11.8 Å². The van der Waals surface area contributed by atoms with Crippen LogP contribution in [-0.4, -0.2) is 77.0 Å². The number of hydrogen-bond donors (Lipinski definition) is 2. The van der Waals surface area contributed by atoms with E-state index in [4.69, 9.17) is 9.47 Å². The monoisotopic (exact) mass is 714 g/mol. The first-order chi connectivity index (χ1) is 24.3. The number of carbonyl (C=O) groups excluding carboxylic acids is 4. The van der Waals surface area contributed by atoms with E-state index in [1.165, 1.54) is 16.8 Å². The Balaban J connectivity index is 1.15. The highest BCUT2D eigenvalue weighted by Crippen LogP contribution is 2.46. The average Bonchev–Trinajstić information content (AvgIpc) is 3.46. The van der Waals surface area contributed by atoms with Gasteiger partial charge < -0.3 is 29.9 Å². The summed E-state index contributed by atoms with van der Waals surface area (Å²) >= 11 is 1.16. The van der Waals surface area contributed by atoms with E-state index in [2.05, 4.69) is 15.6 Å². The molecule has 2 aromatic heterocycles. The third kappa shape index (κ3) is 7.80. The number of hydrogen-bond acceptors (Lipinski definition) is 8. The maximum Gasteiger partial charge on any atom is 0.410 e. The molecule has 1 saturated heterocycles. The molecular formula is C37H39FN6O6S. The van der Waals surface area contributed by atoms with Gasteiger partial charge in [0, 0.05) is 38.9 Å². The van der Waals surface area contributed by atoms with E-state index in [0.717, 1.165) is 23.0 Å². The number of ether oxygens (including phenoxy) is 2. The molecule has 0 unspecified atom stereocenters. The Kier molecular flexibility index (Phi) is 9.97. The van der Waals surface area contributed by atoms with Crippen LogP contribution in [0.25, 0.3) is 10.2 Å². The molecule has 2 aliphatic rings. The number of likely N-dealkylation sites (N-methyl/N-ethyl adjacent to an activating group) is 1. The van der Waals surface area contributed by atoms with Crippen molar-refractivity contribution in [2.75, 3.05) is 36.9 Å². The number of halogens is 1. The fraction of sp³-hybridized carbons (Fsp3) is 0.324. The lowest BCUT2D eigenvalue weighted by Crippen LogP contribution is -2.49. The van der Waals surface area contributed by atoms with E-state index >= 15 is 0 Å². The van der Waals surface area contributed by atoms with Gasteiger partial charge in [-0.15, -0.1) is 11.3 Å². The number of urea groups is 1. The normalized spacial score (nSPS) is 16.1. The van der Waals surface area contributed by atoms with Crippen molar-refractivity contribution in [1.82, 2.24) is 20.1 Å². The zero-order valence-electron chi connectivity index (χ0n) is 29.0. The number of anilines is 3. The molecule has 0 bridgehead atoms. The van der Waals surface area contributed by atoms with Crippen molar-refractivity contribution >= 4 is 62.6 Å². The van der Waals surface area contributed by atoms with Gasteiger partial charge in [-0.2, -0.15) is 0 Å². The highest BCUT2D eigenvalue weighted by molar-refractivity contribution is 7.21. The lowest BCUT2D eigenvalue weighted by Gasteiger charge is -2.33. The molecule has 4 heterocycles. The molecule has 1 fully saturated rings. The van der Waals surface area contributed by atoms with Gasteiger partial charge in [-0.25, -0.2) is 19.0 Å². The SMILES string of the molecule is Cc1cc(Oc2ccccc2)ccc1N1C(=O)Nc2c(C(=O)N[C@@H]3CCCN(C(=O)/C(F)=C/CN(C)C(=O)OC(C)(C)C)C3)sc3nccc1c23. The van der Waals surface area contributed by atoms with Crippen LogP contribution in [0.15, 0.2) is 72.7 Å². The van der Waals surface area contributed by atoms with Crippen molar-refractivity contribution in [3.63, 3.8) is 0 Å². The van der Waals surface area contributed by atoms with Crippen molar-refractivity contribution in [2.45, 2.75) is 52.2 Å². The molecule has 6 rings (SSSR count). The van der Waals surface area contributed by atoms with E-state index in [9.17, 15) is 23.6 Å². The number of thiophene rings is 1. The number of piperidine rings is 1. The lowest BCUT2D eigenvalue weighted by molar-refractivity contribution is -0.130. The average molecular weight is 715 g/mol. The minimum atomic E-state index is -0.995. The maximum absolute atomic E-state index is 14.9. The number of nitrogens with zero attached hydrogens (tertiary/aromatic N) is 4. The van der Waals surface area contributed by atoms with Crippen molar-refractivity contribution in [3.8, 4) is 11.5 Å². The molecule has 0 radical (unpaired) electrons. The number of benzene rings is 2. The number of para-hydroxylation sites is 1. The first-order valence-corrected chi connectivity index (χ1v) is 17.4. The van der Waals surface area contributed by atoms with Crippen LogP contribution in [0.4, 0.5) is 31.0 Å². The maximum atomic E-state index is 14.9. The number of likely N-dealkylation sites (tertiary alicyclic amines) is 1.